The smallest absolute Gasteiger partial charge is 0.196 e. The molecule has 0 aliphatic carbocycles. The number of likely N-dealkylation sites (N-methyl/N-ethyl adjacent to an activating group) is 1. The minimum Gasteiger partial charge on any atom is -0.440 e. The van der Waals surface area contributed by atoms with Crippen molar-refractivity contribution in [1.29, 1.82) is 0 Å². The third-order valence-electron chi connectivity index (χ3n) is 2.63. The number of hydrogen-bond acceptors (Lipinski definition) is 3. The van der Waals surface area contributed by atoms with Gasteiger partial charge in [0.25, 0.3) is 0 Å². The zero-order chi connectivity index (χ0) is 11.5. The van der Waals surface area contributed by atoms with Gasteiger partial charge in [-0.05, 0) is 37.6 Å². The Kier molecular flexibility index (Phi) is 3.25. The van der Waals surface area contributed by atoms with E-state index in [0.29, 0.717) is 0 Å². The highest BCUT2D eigenvalue weighted by Gasteiger charge is 2.08. The number of rotatable bonds is 4. The zero-order valence-electron chi connectivity index (χ0n) is 10.1. The summed E-state index contributed by atoms with van der Waals surface area (Å²) in [7, 11) is 0. The molecule has 0 radical (unpaired) electrons. The Bertz CT molecular complexity index is 488. The molecule has 3 heteroatoms. The second kappa shape index (κ2) is 4.66. The first-order chi connectivity index (χ1) is 7.70. The summed E-state index contributed by atoms with van der Waals surface area (Å²) in [6.07, 6.45) is 0.848. The van der Waals surface area contributed by atoms with E-state index in [1.54, 1.807) is 0 Å². The monoisotopic (exact) mass is 218 g/mol. The van der Waals surface area contributed by atoms with Crippen molar-refractivity contribution in [2.24, 2.45) is 0 Å². The van der Waals surface area contributed by atoms with Crippen LogP contribution < -0.4 is 5.32 Å². The maximum Gasteiger partial charge on any atom is 0.196 e. The highest BCUT2D eigenvalue weighted by Crippen LogP contribution is 2.21. The van der Waals surface area contributed by atoms with Crippen LogP contribution >= 0.6 is 0 Å². The third-order valence-corrected chi connectivity index (χ3v) is 2.63. The molecule has 3 nitrogen and oxygen atoms in total. The molecular weight excluding hydrogens is 200 g/mol. The van der Waals surface area contributed by atoms with Crippen molar-refractivity contribution in [2.45, 2.75) is 27.2 Å². The second-order valence-corrected chi connectivity index (χ2v) is 4.14. The molecule has 0 spiro atoms. The fourth-order valence-corrected chi connectivity index (χ4v) is 1.90. The van der Waals surface area contributed by atoms with Gasteiger partial charge in [0, 0.05) is 13.0 Å². The summed E-state index contributed by atoms with van der Waals surface area (Å²) in [5.74, 6) is 0.824. The summed E-state index contributed by atoms with van der Waals surface area (Å²) in [5, 5.41) is 3.27. The molecule has 0 saturated heterocycles. The molecule has 0 saturated carbocycles. The lowest BCUT2D eigenvalue weighted by Crippen LogP contribution is -2.16. The topological polar surface area (TPSA) is 38.1 Å². The lowest BCUT2D eigenvalue weighted by molar-refractivity contribution is 0.516. The predicted octanol–water partition coefficient (Wildman–Crippen LogP) is 2.60. The first-order valence-electron chi connectivity index (χ1n) is 5.78. The molecule has 0 atom stereocenters. The van der Waals surface area contributed by atoms with E-state index in [4.69, 9.17) is 4.42 Å². The van der Waals surface area contributed by atoms with Crippen LogP contribution in [0.5, 0.6) is 0 Å². The first kappa shape index (κ1) is 11.1. The van der Waals surface area contributed by atoms with Gasteiger partial charge in [-0.3, -0.25) is 0 Å². The molecule has 1 aromatic heterocycles. The number of fused-ring (bicyclic) bond motifs is 1. The van der Waals surface area contributed by atoms with Crippen LogP contribution in [-0.2, 0) is 6.42 Å². The minimum atomic E-state index is 0.824. The third kappa shape index (κ3) is 2.25. The van der Waals surface area contributed by atoms with E-state index in [1.165, 1.54) is 5.56 Å². The summed E-state index contributed by atoms with van der Waals surface area (Å²) >= 11 is 0. The van der Waals surface area contributed by atoms with Gasteiger partial charge in [0.05, 0.1) is 0 Å². The maximum absolute atomic E-state index is 5.75. The van der Waals surface area contributed by atoms with Crippen molar-refractivity contribution in [3.8, 4) is 0 Å². The van der Waals surface area contributed by atoms with Crippen LogP contribution in [-0.4, -0.2) is 18.1 Å². The standard InChI is InChI=1S/C13H18N2O/c1-4-14-6-5-12-15-11-8-9(2)7-10(3)13(11)16-12/h7-8,14H,4-6H2,1-3H3. The molecule has 1 N–H and O–H groups in total. The van der Waals surface area contributed by atoms with Crippen LogP contribution in [0.4, 0.5) is 0 Å². The Labute approximate surface area is 95.9 Å². The number of nitrogens with one attached hydrogen (secondary N) is 1. The van der Waals surface area contributed by atoms with E-state index in [1.807, 2.05) is 0 Å². The SMILES string of the molecule is CCNCCc1nc2cc(C)cc(C)c2o1. The van der Waals surface area contributed by atoms with Crippen LogP contribution in [0.2, 0.25) is 0 Å². The lowest BCUT2D eigenvalue weighted by atomic mass is 10.1. The molecule has 2 rings (SSSR count). The number of hydrogen-bond donors (Lipinski definition) is 1. The van der Waals surface area contributed by atoms with E-state index < -0.39 is 0 Å². The molecule has 16 heavy (non-hydrogen) atoms. The molecule has 1 aromatic carbocycles. The molecule has 0 bridgehead atoms. The van der Waals surface area contributed by atoms with Crippen molar-refractivity contribution >= 4 is 11.1 Å². The molecule has 0 aliphatic rings. The Balaban J connectivity index is 2.26. The number of aryl methyl sites for hydroxylation is 2. The van der Waals surface area contributed by atoms with E-state index in [0.717, 1.165) is 42.1 Å². The number of nitrogens with zero attached hydrogens (tertiary/aromatic N) is 1. The Morgan fingerprint density at radius 1 is 1.31 bits per heavy atom. The fourth-order valence-electron chi connectivity index (χ4n) is 1.90. The van der Waals surface area contributed by atoms with Gasteiger partial charge in [0.1, 0.15) is 5.52 Å². The van der Waals surface area contributed by atoms with Gasteiger partial charge in [-0.15, -0.1) is 0 Å². The van der Waals surface area contributed by atoms with Gasteiger partial charge < -0.3 is 9.73 Å². The van der Waals surface area contributed by atoms with Crippen LogP contribution in [0.3, 0.4) is 0 Å². The fraction of sp³-hybridized carbons (Fsp3) is 0.462. The van der Waals surface area contributed by atoms with Gasteiger partial charge >= 0.3 is 0 Å². The lowest BCUT2D eigenvalue weighted by Gasteiger charge is -1.96. The van der Waals surface area contributed by atoms with Crippen molar-refractivity contribution < 1.29 is 4.42 Å². The number of oxazole rings is 1. The molecule has 0 amide bonds. The van der Waals surface area contributed by atoms with Gasteiger partial charge in [0.2, 0.25) is 0 Å². The van der Waals surface area contributed by atoms with E-state index in [-0.39, 0.29) is 0 Å². The van der Waals surface area contributed by atoms with Gasteiger partial charge in [-0.1, -0.05) is 13.0 Å². The Morgan fingerprint density at radius 3 is 2.88 bits per heavy atom. The molecular formula is C13H18N2O. The maximum atomic E-state index is 5.75. The molecule has 0 aliphatic heterocycles. The predicted molar refractivity (Wildman–Crippen MR) is 65.7 cm³/mol. The summed E-state index contributed by atoms with van der Waals surface area (Å²) in [6, 6.07) is 4.20. The highest BCUT2D eigenvalue weighted by molar-refractivity contribution is 5.77. The summed E-state index contributed by atoms with van der Waals surface area (Å²) in [4.78, 5) is 4.50. The van der Waals surface area contributed by atoms with E-state index >= 15 is 0 Å². The van der Waals surface area contributed by atoms with Gasteiger partial charge in [-0.2, -0.15) is 0 Å². The second-order valence-electron chi connectivity index (χ2n) is 4.14. The quantitative estimate of drug-likeness (QED) is 0.802. The average Bonchev–Trinajstić information content (AvgIpc) is 2.61. The van der Waals surface area contributed by atoms with Gasteiger partial charge in [0.15, 0.2) is 11.5 Å². The van der Waals surface area contributed by atoms with Crippen LogP contribution in [0.15, 0.2) is 16.5 Å². The highest BCUT2D eigenvalue weighted by atomic mass is 16.3. The molecule has 0 unspecified atom stereocenters. The Hall–Kier alpha value is -1.35. The van der Waals surface area contributed by atoms with E-state index in [9.17, 15) is 0 Å². The summed E-state index contributed by atoms with van der Waals surface area (Å²) in [6.45, 7) is 8.15. The first-order valence-corrected chi connectivity index (χ1v) is 5.78. The van der Waals surface area contributed by atoms with Crippen molar-refractivity contribution in [1.82, 2.24) is 10.3 Å². The van der Waals surface area contributed by atoms with Crippen LogP contribution in [0.25, 0.3) is 11.1 Å². The van der Waals surface area contributed by atoms with Crippen LogP contribution in [0, 0.1) is 13.8 Å². The summed E-state index contributed by atoms with van der Waals surface area (Å²) in [5.41, 5.74) is 4.30. The average molecular weight is 218 g/mol. The zero-order valence-corrected chi connectivity index (χ0v) is 10.1. The van der Waals surface area contributed by atoms with Crippen LogP contribution in [0.1, 0.15) is 23.9 Å². The number of benzene rings is 1. The molecule has 2 aromatic rings. The van der Waals surface area contributed by atoms with Crippen molar-refractivity contribution in [2.75, 3.05) is 13.1 Å². The number of aromatic nitrogens is 1. The normalized spacial score (nSPS) is 11.2. The van der Waals surface area contributed by atoms with Crippen molar-refractivity contribution in [3.63, 3.8) is 0 Å². The van der Waals surface area contributed by atoms with Crippen molar-refractivity contribution in [3.05, 3.63) is 29.2 Å². The largest absolute Gasteiger partial charge is 0.440 e. The molecule has 86 valence electrons. The summed E-state index contributed by atoms with van der Waals surface area (Å²) < 4.78 is 5.75. The molecule has 1 heterocycles. The minimum absolute atomic E-state index is 0.824. The van der Waals surface area contributed by atoms with E-state index in [2.05, 4.69) is 43.2 Å². The Morgan fingerprint density at radius 2 is 2.12 bits per heavy atom. The van der Waals surface area contributed by atoms with Gasteiger partial charge in [-0.25, -0.2) is 4.98 Å². The molecule has 0 fully saturated rings.